The third-order valence-electron chi connectivity index (χ3n) is 2.83. The zero-order chi connectivity index (χ0) is 15.4. The van der Waals surface area contributed by atoms with E-state index in [1.807, 2.05) is 0 Å². The van der Waals surface area contributed by atoms with E-state index >= 15 is 0 Å². The molecule has 4 atom stereocenters. The standard InChI is InChI=1S/C9H13N3O6.CH4O/c10-9(17)4-6(15)3(11-12-4)8-7(16)5(14)2(1-13)18-8;1-2/h2,5,7-8,13-16H,1H2,(H2,10,17)(H,11,12);2H,1H3/t2-,5-,7-,8+;/m1./s1. The van der Waals surface area contributed by atoms with Crippen LogP contribution in [0.25, 0.3) is 0 Å². The van der Waals surface area contributed by atoms with E-state index in [2.05, 4.69) is 10.2 Å². The Kier molecular flexibility index (Phi) is 5.42. The van der Waals surface area contributed by atoms with Crippen LogP contribution in [0.15, 0.2) is 0 Å². The van der Waals surface area contributed by atoms with E-state index < -0.39 is 42.7 Å². The number of hydrogen-bond donors (Lipinski definition) is 7. The van der Waals surface area contributed by atoms with E-state index in [1.165, 1.54) is 0 Å². The minimum atomic E-state index is -1.38. The lowest BCUT2D eigenvalue weighted by atomic mass is 10.1. The SMILES string of the molecule is CO.NC(=O)c1[nH]nc([C@@H]2O[C@H](CO)[C@@H](O)[C@H]2O)c1O. The molecule has 0 aromatic carbocycles. The van der Waals surface area contributed by atoms with E-state index in [0.717, 1.165) is 7.11 Å². The number of primary amides is 1. The van der Waals surface area contributed by atoms with Crippen LogP contribution < -0.4 is 5.73 Å². The Morgan fingerprint density at radius 1 is 1.40 bits per heavy atom. The van der Waals surface area contributed by atoms with Crippen LogP contribution in [0.2, 0.25) is 0 Å². The van der Waals surface area contributed by atoms with Gasteiger partial charge in [-0.2, -0.15) is 5.10 Å². The Balaban J connectivity index is 0.000000956. The molecule has 2 rings (SSSR count). The number of aromatic nitrogens is 2. The molecule has 0 aliphatic carbocycles. The Hall–Kier alpha value is -1.72. The number of aromatic amines is 1. The largest absolute Gasteiger partial charge is 0.504 e. The summed E-state index contributed by atoms with van der Waals surface area (Å²) < 4.78 is 5.15. The first-order valence-electron chi connectivity index (χ1n) is 5.61. The van der Waals surface area contributed by atoms with Gasteiger partial charge in [-0.3, -0.25) is 9.89 Å². The topological polar surface area (TPSA) is 182 Å². The van der Waals surface area contributed by atoms with Gasteiger partial charge in [0.25, 0.3) is 5.91 Å². The highest BCUT2D eigenvalue weighted by Gasteiger charge is 2.45. The van der Waals surface area contributed by atoms with Crippen molar-refractivity contribution in [2.45, 2.75) is 24.4 Å². The van der Waals surface area contributed by atoms with Gasteiger partial charge in [0.05, 0.1) is 6.61 Å². The highest BCUT2D eigenvalue weighted by molar-refractivity contribution is 5.93. The summed E-state index contributed by atoms with van der Waals surface area (Å²) in [5.41, 5.74) is 4.52. The molecule has 20 heavy (non-hydrogen) atoms. The minimum Gasteiger partial charge on any atom is -0.504 e. The molecule has 0 bridgehead atoms. The number of hydrogen-bond acceptors (Lipinski definition) is 8. The molecular formula is C10H17N3O7. The van der Waals surface area contributed by atoms with Crippen molar-refractivity contribution in [3.05, 3.63) is 11.4 Å². The highest BCUT2D eigenvalue weighted by atomic mass is 16.6. The summed E-state index contributed by atoms with van der Waals surface area (Å²) >= 11 is 0. The number of amides is 1. The molecule has 8 N–H and O–H groups in total. The number of aromatic hydroxyl groups is 1. The first kappa shape index (κ1) is 16.3. The molecule has 2 heterocycles. The minimum absolute atomic E-state index is 0.147. The molecule has 1 aliphatic rings. The van der Waals surface area contributed by atoms with Crippen molar-refractivity contribution in [3.63, 3.8) is 0 Å². The molecule has 1 fully saturated rings. The summed E-state index contributed by atoms with van der Waals surface area (Å²) in [7, 11) is 1.00. The summed E-state index contributed by atoms with van der Waals surface area (Å²) in [5.74, 6) is -1.46. The third kappa shape index (κ3) is 2.73. The molecule has 0 unspecified atom stereocenters. The summed E-state index contributed by atoms with van der Waals surface area (Å²) in [6, 6.07) is 0. The second kappa shape index (κ2) is 6.63. The Morgan fingerprint density at radius 2 is 2.00 bits per heavy atom. The van der Waals surface area contributed by atoms with Crippen LogP contribution in [0.5, 0.6) is 5.75 Å². The van der Waals surface area contributed by atoms with Crippen LogP contribution in [0, 0.1) is 0 Å². The molecule has 1 saturated heterocycles. The van der Waals surface area contributed by atoms with Gasteiger partial charge in [-0.05, 0) is 0 Å². The van der Waals surface area contributed by atoms with Crippen molar-refractivity contribution in [1.82, 2.24) is 10.2 Å². The number of nitrogens with two attached hydrogens (primary N) is 1. The number of nitrogens with one attached hydrogen (secondary N) is 1. The smallest absolute Gasteiger partial charge is 0.270 e. The van der Waals surface area contributed by atoms with Crippen molar-refractivity contribution in [2.75, 3.05) is 13.7 Å². The second-order valence-electron chi connectivity index (χ2n) is 3.96. The van der Waals surface area contributed by atoms with Crippen molar-refractivity contribution in [2.24, 2.45) is 5.73 Å². The number of H-pyrrole nitrogens is 1. The molecule has 1 aromatic heterocycles. The number of carbonyl (C=O) groups is 1. The van der Waals surface area contributed by atoms with Gasteiger partial charge < -0.3 is 36.0 Å². The van der Waals surface area contributed by atoms with Crippen LogP contribution in [0.4, 0.5) is 0 Å². The number of rotatable bonds is 3. The van der Waals surface area contributed by atoms with Crippen LogP contribution >= 0.6 is 0 Å². The summed E-state index contributed by atoms with van der Waals surface area (Å²) in [4.78, 5) is 10.9. The molecule has 10 nitrogen and oxygen atoms in total. The normalized spacial score (nSPS) is 28.9. The summed E-state index contributed by atoms with van der Waals surface area (Å²) in [6.45, 7) is -0.497. The quantitative estimate of drug-likeness (QED) is 0.307. The van der Waals surface area contributed by atoms with Gasteiger partial charge in [-0.15, -0.1) is 0 Å². The molecule has 10 heteroatoms. The van der Waals surface area contributed by atoms with E-state index in [4.69, 9.17) is 20.7 Å². The van der Waals surface area contributed by atoms with E-state index in [1.54, 1.807) is 0 Å². The van der Waals surface area contributed by atoms with E-state index in [0.29, 0.717) is 0 Å². The first-order valence-corrected chi connectivity index (χ1v) is 5.61. The van der Waals surface area contributed by atoms with Gasteiger partial charge in [0.2, 0.25) is 0 Å². The molecule has 0 spiro atoms. The molecule has 1 aliphatic heterocycles. The Labute approximate surface area is 113 Å². The maximum atomic E-state index is 10.9. The van der Waals surface area contributed by atoms with E-state index in [9.17, 15) is 20.1 Å². The van der Waals surface area contributed by atoms with Crippen LogP contribution in [-0.2, 0) is 4.74 Å². The lowest BCUT2D eigenvalue weighted by Gasteiger charge is -2.12. The van der Waals surface area contributed by atoms with Gasteiger partial charge in [-0.25, -0.2) is 0 Å². The maximum Gasteiger partial charge on any atom is 0.270 e. The second-order valence-corrected chi connectivity index (χ2v) is 3.96. The summed E-state index contributed by atoms with van der Waals surface area (Å²) in [6.07, 6.45) is -4.83. The number of aliphatic hydroxyl groups is 4. The van der Waals surface area contributed by atoms with Gasteiger partial charge in [0, 0.05) is 7.11 Å². The number of aliphatic hydroxyl groups excluding tert-OH is 4. The lowest BCUT2D eigenvalue weighted by Crippen LogP contribution is -2.32. The number of ether oxygens (including phenoxy) is 1. The van der Waals surface area contributed by atoms with Gasteiger partial charge in [-0.1, -0.05) is 0 Å². The fourth-order valence-corrected chi connectivity index (χ4v) is 1.85. The Morgan fingerprint density at radius 3 is 2.40 bits per heavy atom. The van der Waals surface area contributed by atoms with Crippen molar-refractivity contribution in [1.29, 1.82) is 0 Å². The highest BCUT2D eigenvalue weighted by Crippen LogP contribution is 2.37. The molecule has 1 aromatic rings. The zero-order valence-electron chi connectivity index (χ0n) is 10.6. The maximum absolute atomic E-state index is 10.9. The third-order valence-corrected chi connectivity index (χ3v) is 2.83. The van der Waals surface area contributed by atoms with Gasteiger partial charge >= 0.3 is 0 Å². The van der Waals surface area contributed by atoms with Gasteiger partial charge in [0.15, 0.2) is 11.4 Å². The molecular weight excluding hydrogens is 274 g/mol. The van der Waals surface area contributed by atoms with Crippen molar-refractivity contribution < 1.29 is 35.1 Å². The van der Waals surface area contributed by atoms with Crippen molar-refractivity contribution in [3.8, 4) is 5.75 Å². The molecule has 0 saturated carbocycles. The lowest BCUT2D eigenvalue weighted by molar-refractivity contribution is -0.0245. The summed E-state index contributed by atoms with van der Waals surface area (Å²) in [5, 5.41) is 50.7. The number of nitrogens with zero attached hydrogens (tertiary/aromatic N) is 1. The average molecular weight is 291 g/mol. The van der Waals surface area contributed by atoms with E-state index in [-0.39, 0.29) is 11.4 Å². The molecule has 114 valence electrons. The molecule has 0 radical (unpaired) electrons. The predicted molar refractivity (Wildman–Crippen MR) is 63.6 cm³/mol. The van der Waals surface area contributed by atoms with Gasteiger partial charge in [0.1, 0.15) is 30.1 Å². The predicted octanol–water partition coefficient (Wildman–Crippen LogP) is -3.02. The Bertz CT molecular complexity index is 464. The van der Waals surface area contributed by atoms with Crippen LogP contribution in [-0.4, -0.2) is 73.7 Å². The fraction of sp³-hybridized carbons (Fsp3) is 0.600. The number of carbonyl (C=O) groups excluding carboxylic acids is 1. The van der Waals surface area contributed by atoms with Crippen molar-refractivity contribution >= 4 is 5.91 Å². The van der Waals surface area contributed by atoms with Crippen LogP contribution in [0.1, 0.15) is 22.3 Å². The fourth-order valence-electron chi connectivity index (χ4n) is 1.85. The first-order chi connectivity index (χ1) is 9.47. The zero-order valence-corrected chi connectivity index (χ0v) is 10.6. The monoisotopic (exact) mass is 291 g/mol. The average Bonchev–Trinajstić information content (AvgIpc) is 2.94. The van der Waals surface area contributed by atoms with Crippen LogP contribution in [0.3, 0.4) is 0 Å². The molecule has 1 amide bonds.